The standard InChI is InChI=1S/C48H43ClN2.C2H6/c1-47(2,3)38-23-25-50-45(30-38)34-19-15-32(16-20-34)41-11-7-9-13-43(41)36-27-37(29-40(49)28-36)44-14-10-8-12-42(44)33-17-21-35(22-18-33)46-31-39(24-26-51-46)48(4,5)6;1-2/h7-31H,1-6H3;1-2H3. The molecular formula is C50H49ClN2. The van der Waals surface area contributed by atoms with E-state index in [9.17, 15) is 0 Å². The topological polar surface area (TPSA) is 25.8 Å². The van der Waals surface area contributed by atoms with Crippen LogP contribution in [0, 0.1) is 0 Å². The van der Waals surface area contributed by atoms with Crippen molar-refractivity contribution in [2.45, 2.75) is 66.2 Å². The normalized spacial score (nSPS) is 11.5. The second-order valence-electron chi connectivity index (χ2n) is 15.3. The number of benzene rings is 5. The number of pyridine rings is 2. The zero-order valence-electron chi connectivity index (χ0n) is 32.2. The highest BCUT2D eigenvalue weighted by Crippen LogP contribution is 2.40. The van der Waals surface area contributed by atoms with Crippen LogP contribution in [-0.2, 0) is 10.8 Å². The maximum atomic E-state index is 6.90. The van der Waals surface area contributed by atoms with Crippen molar-refractivity contribution in [2.24, 2.45) is 0 Å². The average Bonchev–Trinajstić information content (AvgIpc) is 3.18. The predicted octanol–water partition coefficient (Wildman–Crippen LogP) is 14.8. The van der Waals surface area contributed by atoms with Gasteiger partial charge in [-0.2, -0.15) is 0 Å². The van der Waals surface area contributed by atoms with E-state index >= 15 is 0 Å². The molecule has 0 bridgehead atoms. The van der Waals surface area contributed by atoms with Gasteiger partial charge in [0.2, 0.25) is 0 Å². The van der Waals surface area contributed by atoms with Gasteiger partial charge in [-0.05, 0) is 109 Å². The zero-order chi connectivity index (χ0) is 37.8. The number of nitrogens with zero attached hydrogens (tertiary/aromatic N) is 2. The first kappa shape index (κ1) is 37.4. The zero-order valence-corrected chi connectivity index (χ0v) is 33.0. The lowest BCUT2D eigenvalue weighted by Crippen LogP contribution is -2.11. The fourth-order valence-corrected chi connectivity index (χ4v) is 6.86. The first-order valence-corrected chi connectivity index (χ1v) is 19.0. The summed E-state index contributed by atoms with van der Waals surface area (Å²) < 4.78 is 0. The van der Waals surface area contributed by atoms with Crippen LogP contribution in [0.4, 0.5) is 0 Å². The molecule has 2 nitrogen and oxygen atoms in total. The lowest BCUT2D eigenvalue weighted by molar-refractivity contribution is 0.589. The Morgan fingerprint density at radius 1 is 0.377 bits per heavy atom. The van der Waals surface area contributed by atoms with Gasteiger partial charge >= 0.3 is 0 Å². The smallest absolute Gasteiger partial charge is 0.0704 e. The number of rotatable bonds is 6. The van der Waals surface area contributed by atoms with E-state index in [1.54, 1.807) is 0 Å². The van der Waals surface area contributed by atoms with Crippen molar-refractivity contribution in [3.8, 4) is 67.0 Å². The monoisotopic (exact) mass is 712 g/mol. The number of hydrogen-bond donors (Lipinski definition) is 0. The van der Waals surface area contributed by atoms with E-state index in [0.29, 0.717) is 5.02 Å². The van der Waals surface area contributed by atoms with Gasteiger partial charge in [-0.1, -0.05) is 164 Å². The summed E-state index contributed by atoms with van der Waals surface area (Å²) >= 11 is 6.90. The highest BCUT2D eigenvalue weighted by Gasteiger charge is 2.17. The van der Waals surface area contributed by atoms with Gasteiger partial charge in [-0.25, -0.2) is 0 Å². The average molecular weight is 713 g/mol. The van der Waals surface area contributed by atoms with E-state index in [1.807, 2.05) is 26.2 Å². The molecule has 0 radical (unpaired) electrons. The minimum Gasteiger partial charge on any atom is -0.256 e. The highest BCUT2D eigenvalue weighted by molar-refractivity contribution is 6.31. The van der Waals surface area contributed by atoms with Crippen LogP contribution in [0.1, 0.15) is 66.5 Å². The van der Waals surface area contributed by atoms with Gasteiger partial charge < -0.3 is 0 Å². The summed E-state index contributed by atoms with van der Waals surface area (Å²) in [5.41, 5.74) is 15.9. The van der Waals surface area contributed by atoms with E-state index in [2.05, 4.69) is 191 Å². The largest absolute Gasteiger partial charge is 0.256 e. The van der Waals surface area contributed by atoms with E-state index < -0.39 is 0 Å². The number of aromatic nitrogens is 2. The third-order valence-corrected chi connectivity index (χ3v) is 9.83. The van der Waals surface area contributed by atoms with E-state index in [0.717, 1.165) is 67.0 Å². The van der Waals surface area contributed by atoms with Crippen molar-refractivity contribution < 1.29 is 0 Å². The van der Waals surface area contributed by atoms with Gasteiger partial charge in [-0.15, -0.1) is 0 Å². The molecule has 0 unspecified atom stereocenters. The Bertz CT molecular complexity index is 2160. The Morgan fingerprint density at radius 3 is 1.04 bits per heavy atom. The van der Waals surface area contributed by atoms with Gasteiger partial charge in [0.1, 0.15) is 0 Å². The summed E-state index contributed by atoms with van der Waals surface area (Å²) in [4.78, 5) is 9.36. The summed E-state index contributed by atoms with van der Waals surface area (Å²) in [5.74, 6) is 0. The quantitative estimate of drug-likeness (QED) is 0.171. The molecule has 0 N–H and O–H groups in total. The van der Waals surface area contributed by atoms with Crippen LogP contribution in [0.2, 0.25) is 5.02 Å². The molecular weight excluding hydrogens is 664 g/mol. The van der Waals surface area contributed by atoms with Gasteiger partial charge in [-0.3, -0.25) is 9.97 Å². The van der Waals surface area contributed by atoms with E-state index in [4.69, 9.17) is 11.6 Å². The Morgan fingerprint density at radius 2 is 0.698 bits per heavy atom. The van der Waals surface area contributed by atoms with Crippen molar-refractivity contribution in [3.63, 3.8) is 0 Å². The van der Waals surface area contributed by atoms with Crippen molar-refractivity contribution in [1.29, 1.82) is 0 Å². The third kappa shape index (κ3) is 8.51. The molecule has 5 aromatic carbocycles. The summed E-state index contributed by atoms with van der Waals surface area (Å²) in [6.45, 7) is 17.4. The van der Waals surface area contributed by atoms with Crippen molar-refractivity contribution in [2.75, 3.05) is 0 Å². The molecule has 0 amide bonds. The van der Waals surface area contributed by atoms with Crippen LogP contribution in [0.5, 0.6) is 0 Å². The Kier molecular flexibility index (Phi) is 11.1. The highest BCUT2D eigenvalue weighted by atomic mass is 35.5. The molecule has 7 aromatic rings. The molecule has 2 aromatic heterocycles. The second kappa shape index (κ2) is 15.7. The Balaban J connectivity index is 0.00000236. The molecule has 0 aliphatic heterocycles. The number of hydrogen-bond acceptors (Lipinski definition) is 2. The molecule has 0 aliphatic carbocycles. The maximum absolute atomic E-state index is 6.90. The van der Waals surface area contributed by atoms with Crippen LogP contribution in [0.3, 0.4) is 0 Å². The maximum Gasteiger partial charge on any atom is 0.0704 e. The summed E-state index contributed by atoms with van der Waals surface area (Å²) in [5, 5.41) is 0.701. The van der Waals surface area contributed by atoms with Crippen molar-refractivity contribution >= 4 is 11.6 Å². The first-order chi connectivity index (χ1) is 25.4. The van der Waals surface area contributed by atoms with Crippen LogP contribution in [-0.4, -0.2) is 9.97 Å². The SMILES string of the molecule is CC.CC(C)(C)c1ccnc(-c2ccc(-c3ccccc3-c3cc(Cl)cc(-c4ccccc4-c4ccc(-c5cc(C(C)(C)C)ccn5)cc4)c3)cc2)c1. The molecule has 0 spiro atoms. The van der Waals surface area contributed by atoms with Crippen LogP contribution in [0.25, 0.3) is 67.0 Å². The summed E-state index contributed by atoms with van der Waals surface area (Å²) in [6.07, 6.45) is 3.82. The molecule has 266 valence electrons. The minimum atomic E-state index is 0.0639. The van der Waals surface area contributed by atoms with Crippen LogP contribution >= 0.6 is 11.6 Å². The summed E-state index contributed by atoms with van der Waals surface area (Å²) in [6, 6.07) is 49.6. The third-order valence-electron chi connectivity index (χ3n) is 9.61. The van der Waals surface area contributed by atoms with Crippen LogP contribution < -0.4 is 0 Å². The molecule has 0 saturated carbocycles. The predicted molar refractivity (Wildman–Crippen MR) is 228 cm³/mol. The Hall–Kier alpha value is -5.31. The molecule has 2 heterocycles. The fourth-order valence-electron chi connectivity index (χ4n) is 6.62. The van der Waals surface area contributed by atoms with Gasteiger partial charge in [0.25, 0.3) is 0 Å². The second-order valence-corrected chi connectivity index (χ2v) is 15.8. The summed E-state index contributed by atoms with van der Waals surface area (Å²) in [7, 11) is 0. The fraction of sp³-hybridized carbons (Fsp3) is 0.200. The van der Waals surface area contributed by atoms with Crippen LogP contribution in [0.15, 0.2) is 152 Å². The minimum absolute atomic E-state index is 0.0639. The van der Waals surface area contributed by atoms with E-state index in [1.165, 1.54) is 11.1 Å². The van der Waals surface area contributed by atoms with E-state index in [-0.39, 0.29) is 10.8 Å². The molecule has 3 heteroatoms. The van der Waals surface area contributed by atoms with Crippen molar-refractivity contribution in [1.82, 2.24) is 9.97 Å². The van der Waals surface area contributed by atoms with Gasteiger partial charge in [0.05, 0.1) is 11.4 Å². The molecule has 53 heavy (non-hydrogen) atoms. The molecule has 0 aliphatic rings. The lowest BCUT2D eigenvalue weighted by atomic mass is 9.86. The Labute approximate surface area is 321 Å². The van der Waals surface area contributed by atoms with Gasteiger partial charge in [0.15, 0.2) is 0 Å². The molecule has 0 fully saturated rings. The molecule has 0 atom stereocenters. The first-order valence-electron chi connectivity index (χ1n) is 18.6. The van der Waals surface area contributed by atoms with Gasteiger partial charge in [0, 0.05) is 28.5 Å². The number of halogens is 1. The molecule has 7 rings (SSSR count). The molecule has 0 saturated heterocycles. The lowest BCUT2D eigenvalue weighted by Gasteiger charge is -2.19. The van der Waals surface area contributed by atoms with Crippen molar-refractivity contribution in [3.05, 3.63) is 168 Å².